The van der Waals surface area contributed by atoms with Gasteiger partial charge in [-0.15, -0.1) is 0 Å². The third-order valence-corrected chi connectivity index (χ3v) is 3.73. The predicted octanol–water partition coefficient (Wildman–Crippen LogP) is 1.34. The molecule has 1 N–H and O–H groups in total. The number of hydrogen-bond donors (Lipinski definition) is 1. The fourth-order valence-electron chi connectivity index (χ4n) is 2.41. The van der Waals surface area contributed by atoms with Crippen LogP contribution in [-0.4, -0.2) is 50.1 Å². The number of nitrogens with one attached hydrogen (secondary N) is 1. The summed E-state index contributed by atoms with van der Waals surface area (Å²) in [7, 11) is 1.63. The first-order valence-electron chi connectivity index (χ1n) is 7.94. The van der Waals surface area contributed by atoms with Crippen molar-refractivity contribution in [3.8, 4) is 5.75 Å². The number of amides is 2. The molecule has 1 aromatic carbocycles. The van der Waals surface area contributed by atoms with Crippen molar-refractivity contribution in [3.63, 3.8) is 0 Å². The van der Waals surface area contributed by atoms with Crippen LogP contribution in [0.5, 0.6) is 5.75 Å². The summed E-state index contributed by atoms with van der Waals surface area (Å²) in [6, 6.07) is 7.56. The summed E-state index contributed by atoms with van der Waals surface area (Å²) in [5, 5.41) is 2.84. The maximum absolute atomic E-state index is 11.9. The van der Waals surface area contributed by atoms with Crippen molar-refractivity contribution in [2.24, 2.45) is 0 Å². The van der Waals surface area contributed by atoms with Gasteiger partial charge in [0.15, 0.2) is 0 Å². The van der Waals surface area contributed by atoms with Gasteiger partial charge in [-0.3, -0.25) is 9.59 Å². The first-order chi connectivity index (χ1) is 11.2. The molecule has 0 atom stereocenters. The van der Waals surface area contributed by atoms with Crippen molar-refractivity contribution in [1.82, 2.24) is 10.2 Å². The minimum Gasteiger partial charge on any atom is -0.491 e. The fraction of sp³-hybridized carbons (Fsp3) is 0.529. The van der Waals surface area contributed by atoms with Gasteiger partial charge in [0, 0.05) is 26.6 Å². The van der Waals surface area contributed by atoms with Gasteiger partial charge in [0.05, 0.1) is 13.2 Å². The Morgan fingerprint density at radius 3 is 2.70 bits per heavy atom. The van der Waals surface area contributed by atoms with E-state index < -0.39 is 0 Å². The van der Waals surface area contributed by atoms with Crippen LogP contribution >= 0.6 is 0 Å². The van der Waals surface area contributed by atoms with Crippen LogP contribution in [0.15, 0.2) is 24.3 Å². The monoisotopic (exact) mass is 320 g/mol. The van der Waals surface area contributed by atoms with Crippen molar-refractivity contribution < 1.29 is 19.1 Å². The van der Waals surface area contributed by atoms with E-state index in [9.17, 15) is 9.59 Å². The average Bonchev–Trinajstić information content (AvgIpc) is 2.56. The lowest BCUT2D eigenvalue weighted by Crippen LogP contribution is -2.42. The van der Waals surface area contributed by atoms with E-state index in [2.05, 4.69) is 5.32 Å². The summed E-state index contributed by atoms with van der Waals surface area (Å²) in [6.07, 6.45) is 2.46. The Bertz CT molecular complexity index is 516. The van der Waals surface area contributed by atoms with E-state index >= 15 is 0 Å². The van der Waals surface area contributed by atoms with Crippen molar-refractivity contribution in [2.45, 2.75) is 25.8 Å². The highest BCUT2D eigenvalue weighted by atomic mass is 16.5. The van der Waals surface area contributed by atoms with Crippen LogP contribution in [-0.2, 0) is 20.9 Å². The molecule has 6 heteroatoms. The number of likely N-dealkylation sites (tertiary alicyclic amines) is 1. The number of nitrogens with zero attached hydrogens (tertiary/aromatic N) is 1. The van der Waals surface area contributed by atoms with Gasteiger partial charge in [0.25, 0.3) is 0 Å². The molecule has 1 aliphatic rings. The lowest BCUT2D eigenvalue weighted by Gasteiger charge is -2.25. The predicted molar refractivity (Wildman–Crippen MR) is 86.1 cm³/mol. The first kappa shape index (κ1) is 17.3. The topological polar surface area (TPSA) is 67.9 Å². The third-order valence-electron chi connectivity index (χ3n) is 3.73. The van der Waals surface area contributed by atoms with Gasteiger partial charge in [0.1, 0.15) is 12.4 Å². The van der Waals surface area contributed by atoms with E-state index in [0.717, 1.165) is 24.2 Å². The zero-order valence-corrected chi connectivity index (χ0v) is 13.5. The van der Waals surface area contributed by atoms with E-state index in [-0.39, 0.29) is 18.4 Å². The standard InChI is InChI=1S/C17H24N2O4/c1-22-10-11-23-15-7-5-14(6-8-15)12-18-16(20)13-19-9-3-2-4-17(19)21/h5-8H,2-4,9-13H2,1H3,(H,18,20). The first-order valence-corrected chi connectivity index (χ1v) is 7.94. The molecule has 1 aromatic rings. The Kier molecular flexibility index (Phi) is 6.87. The van der Waals surface area contributed by atoms with Gasteiger partial charge in [-0.1, -0.05) is 12.1 Å². The number of piperidine rings is 1. The molecule has 0 saturated carbocycles. The Morgan fingerprint density at radius 2 is 2.00 bits per heavy atom. The minimum atomic E-state index is -0.124. The smallest absolute Gasteiger partial charge is 0.239 e. The molecule has 1 heterocycles. The lowest BCUT2D eigenvalue weighted by atomic mass is 10.1. The Labute approximate surface area is 136 Å². The van der Waals surface area contributed by atoms with E-state index in [1.54, 1.807) is 12.0 Å². The van der Waals surface area contributed by atoms with E-state index in [4.69, 9.17) is 9.47 Å². The molecule has 1 aliphatic heterocycles. The molecule has 0 bridgehead atoms. The van der Waals surface area contributed by atoms with Gasteiger partial charge >= 0.3 is 0 Å². The van der Waals surface area contributed by atoms with E-state index in [0.29, 0.717) is 32.7 Å². The van der Waals surface area contributed by atoms with Crippen LogP contribution in [0.3, 0.4) is 0 Å². The second kappa shape index (κ2) is 9.15. The molecule has 2 amide bonds. The highest BCUT2D eigenvalue weighted by molar-refractivity contribution is 5.85. The fourth-order valence-corrected chi connectivity index (χ4v) is 2.41. The van der Waals surface area contributed by atoms with E-state index in [1.807, 2.05) is 24.3 Å². The molecule has 1 saturated heterocycles. The van der Waals surface area contributed by atoms with Gasteiger partial charge in [-0.25, -0.2) is 0 Å². The zero-order valence-electron chi connectivity index (χ0n) is 13.5. The maximum Gasteiger partial charge on any atom is 0.239 e. The van der Waals surface area contributed by atoms with Gasteiger partial charge in [-0.2, -0.15) is 0 Å². The number of benzene rings is 1. The molecule has 0 aromatic heterocycles. The second-order valence-electron chi connectivity index (χ2n) is 5.53. The number of methoxy groups -OCH3 is 1. The number of rotatable bonds is 8. The highest BCUT2D eigenvalue weighted by Crippen LogP contribution is 2.12. The maximum atomic E-state index is 11.9. The van der Waals surface area contributed by atoms with Crippen molar-refractivity contribution in [1.29, 1.82) is 0 Å². The van der Waals surface area contributed by atoms with Crippen molar-refractivity contribution >= 4 is 11.8 Å². The summed E-state index contributed by atoms with van der Waals surface area (Å²) < 4.78 is 10.4. The quantitative estimate of drug-likeness (QED) is 0.734. The van der Waals surface area contributed by atoms with Gasteiger partial charge < -0.3 is 19.7 Å². The Balaban J connectivity index is 1.72. The minimum absolute atomic E-state index is 0.0731. The lowest BCUT2D eigenvalue weighted by molar-refractivity contribution is -0.137. The summed E-state index contributed by atoms with van der Waals surface area (Å²) in [5.74, 6) is 0.723. The van der Waals surface area contributed by atoms with Gasteiger partial charge in [0.2, 0.25) is 11.8 Å². The number of carbonyl (C=O) groups excluding carboxylic acids is 2. The van der Waals surface area contributed by atoms with Crippen molar-refractivity contribution in [3.05, 3.63) is 29.8 Å². The number of ether oxygens (including phenoxy) is 2. The van der Waals surface area contributed by atoms with Crippen LogP contribution in [0.1, 0.15) is 24.8 Å². The molecule has 0 aliphatic carbocycles. The molecule has 0 radical (unpaired) electrons. The summed E-state index contributed by atoms with van der Waals surface area (Å²) in [4.78, 5) is 25.2. The molecule has 0 unspecified atom stereocenters. The normalized spacial score (nSPS) is 14.7. The second-order valence-corrected chi connectivity index (χ2v) is 5.53. The molecule has 126 valence electrons. The molecule has 1 fully saturated rings. The zero-order chi connectivity index (χ0) is 16.5. The van der Waals surface area contributed by atoms with E-state index in [1.165, 1.54) is 0 Å². The van der Waals surface area contributed by atoms with Crippen LogP contribution in [0.2, 0.25) is 0 Å². The summed E-state index contributed by atoms with van der Waals surface area (Å²) >= 11 is 0. The average molecular weight is 320 g/mol. The van der Waals surface area contributed by atoms with Crippen LogP contribution in [0, 0.1) is 0 Å². The molecule has 6 nitrogen and oxygen atoms in total. The summed E-state index contributed by atoms with van der Waals surface area (Å²) in [5.41, 5.74) is 0.988. The molecule has 23 heavy (non-hydrogen) atoms. The molecular weight excluding hydrogens is 296 g/mol. The number of carbonyl (C=O) groups is 2. The molecule has 2 rings (SSSR count). The van der Waals surface area contributed by atoms with Crippen LogP contribution in [0.4, 0.5) is 0 Å². The number of hydrogen-bond acceptors (Lipinski definition) is 4. The third kappa shape index (κ3) is 5.90. The van der Waals surface area contributed by atoms with Gasteiger partial charge in [-0.05, 0) is 30.5 Å². The van der Waals surface area contributed by atoms with Crippen LogP contribution < -0.4 is 10.1 Å². The van der Waals surface area contributed by atoms with Crippen molar-refractivity contribution in [2.75, 3.05) is 33.4 Å². The SMILES string of the molecule is COCCOc1ccc(CNC(=O)CN2CCCCC2=O)cc1. The Hall–Kier alpha value is -2.08. The molecular formula is C17H24N2O4. The van der Waals surface area contributed by atoms with Crippen LogP contribution in [0.25, 0.3) is 0 Å². The summed E-state index contributed by atoms with van der Waals surface area (Å²) in [6.45, 7) is 2.33. The Morgan fingerprint density at radius 1 is 1.22 bits per heavy atom. The largest absolute Gasteiger partial charge is 0.491 e. The molecule has 0 spiro atoms. The highest BCUT2D eigenvalue weighted by Gasteiger charge is 2.20.